The Kier molecular flexibility index (Phi) is 4.73. The maximum Gasteiger partial charge on any atom is 0.128 e. The highest BCUT2D eigenvalue weighted by Gasteiger charge is 2.17. The summed E-state index contributed by atoms with van der Waals surface area (Å²) in [5.41, 5.74) is 1.97. The van der Waals surface area contributed by atoms with Gasteiger partial charge in [-0.25, -0.2) is 8.78 Å². The molecule has 1 atom stereocenters. The molecule has 0 saturated heterocycles. The van der Waals surface area contributed by atoms with E-state index in [1.54, 1.807) is 25.2 Å². The Balaban J connectivity index is 2.33. The smallest absolute Gasteiger partial charge is 0.128 e. The molecular formula is C16H16ClF2N. The second-order valence-electron chi connectivity index (χ2n) is 4.81. The lowest BCUT2D eigenvalue weighted by Gasteiger charge is -2.18. The Morgan fingerprint density at radius 1 is 1.10 bits per heavy atom. The predicted octanol–water partition coefficient (Wildman–Crippen LogP) is 4.43. The fraction of sp³-hybridized carbons (Fsp3) is 0.250. The zero-order chi connectivity index (χ0) is 14.7. The molecule has 1 N–H and O–H groups in total. The Labute approximate surface area is 122 Å². The van der Waals surface area contributed by atoms with Crippen molar-refractivity contribution in [1.82, 2.24) is 5.32 Å². The van der Waals surface area contributed by atoms with Crippen LogP contribution in [0.5, 0.6) is 0 Å². The third-order valence-electron chi connectivity index (χ3n) is 3.31. The zero-order valence-electron chi connectivity index (χ0n) is 11.4. The largest absolute Gasteiger partial charge is 0.313 e. The highest BCUT2D eigenvalue weighted by Crippen LogP contribution is 2.25. The number of nitrogens with one attached hydrogen (secondary N) is 1. The zero-order valence-corrected chi connectivity index (χ0v) is 12.1. The minimum atomic E-state index is -0.331. The van der Waals surface area contributed by atoms with Gasteiger partial charge >= 0.3 is 0 Å². The van der Waals surface area contributed by atoms with Crippen LogP contribution in [0.4, 0.5) is 8.78 Å². The summed E-state index contributed by atoms with van der Waals surface area (Å²) in [5.74, 6) is -0.625. The van der Waals surface area contributed by atoms with Crippen molar-refractivity contribution in [3.8, 4) is 0 Å². The van der Waals surface area contributed by atoms with Gasteiger partial charge in [-0.15, -0.1) is 0 Å². The summed E-state index contributed by atoms with van der Waals surface area (Å²) in [6.07, 6.45) is 0.337. The molecule has 2 aromatic rings. The van der Waals surface area contributed by atoms with Gasteiger partial charge in [-0.3, -0.25) is 0 Å². The summed E-state index contributed by atoms with van der Waals surface area (Å²) in [6, 6.07) is 9.03. The van der Waals surface area contributed by atoms with Crippen molar-refractivity contribution in [3.05, 3.63) is 69.7 Å². The van der Waals surface area contributed by atoms with Crippen molar-refractivity contribution in [3.63, 3.8) is 0 Å². The van der Waals surface area contributed by atoms with Crippen LogP contribution in [0.15, 0.2) is 36.4 Å². The number of halogens is 3. The Bertz CT molecular complexity index is 613. The van der Waals surface area contributed by atoms with Crippen molar-refractivity contribution in [2.24, 2.45) is 0 Å². The van der Waals surface area contributed by atoms with E-state index in [2.05, 4.69) is 5.32 Å². The molecular weight excluding hydrogens is 280 g/mol. The van der Waals surface area contributed by atoms with E-state index in [1.165, 1.54) is 18.2 Å². The molecule has 0 aliphatic heterocycles. The monoisotopic (exact) mass is 295 g/mol. The van der Waals surface area contributed by atoms with Gasteiger partial charge in [0.1, 0.15) is 11.6 Å². The predicted molar refractivity (Wildman–Crippen MR) is 78.1 cm³/mol. The molecule has 2 rings (SSSR count). The maximum absolute atomic E-state index is 13.9. The first-order valence-electron chi connectivity index (χ1n) is 6.38. The molecule has 0 aliphatic carbocycles. The molecule has 0 amide bonds. The van der Waals surface area contributed by atoms with Crippen LogP contribution < -0.4 is 5.32 Å². The van der Waals surface area contributed by atoms with Crippen LogP contribution >= 0.6 is 11.6 Å². The number of benzene rings is 2. The minimum absolute atomic E-state index is 0.294. The molecule has 1 unspecified atom stereocenters. The van der Waals surface area contributed by atoms with Crippen LogP contribution in [0.25, 0.3) is 0 Å². The second kappa shape index (κ2) is 6.33. The van der Waals surface area contributed by atoms with Crippen LogP contribution in [0.1, 0.15) is 22.7 Å². The van der Waals surface area contributed by atoms with Gasteiger partial charge in [0.25, 0.3) is 0 Å². The lowest BCUT2D eigenvalue weighted by Crippen LogP contribution is -2.20. The van der Waals surface area contributed by atoms with Gasteiger partial charge in [-0.1, -0.05) is 29.3 Å². The van der Waals surface area contributed by atoms with Gasteiger partial charge in [0.05, 0.1) is 0 Å². The fourth-order valence-corrected chi connectivity index (χ4v) is 2.41. The Hall–Kier alpha value is -1.45. The summed E-state index contributed by atoms with van der Waals surface area (Å²) >= 11 is 5.88. The van der Waals surface area contributed by atoms with E-state index in [-0.39, 0.29) is 17.7 Å². The first-order chi connectivity index (χ1) is 9.51. The summed E-state index contributed by atoms with van der Waals surface area (Å²) in [4.78, 5) is 0. The SMILES string of the molecule is CNC(Cc1cc(Cl)ccc1F)c1cc(C)ccc1F. The van der Waals surface area contributed by atoms with Gasteiger partial charge in [0.2, 0.25) is 0 Å². The Morgan fingerprint density at radius 3 is 2.50 bits per heavy atom. The molecule has 0 bridgehead atoms. The molecule has 0 aliphatic rings. The normalized spacial score (nSPS) is 12.4. The van der Waals surface area contributed by atoms with Gasteiger partial charge < -0.3 is 5.32 Å². The standard InChI is InChI=1S/C16H16ClF2N/c1-10-3-5-15(19)13(7-10)16(20-2)9-11-8-12(17)4-6-14(11)18/h3-8,16,20H,9H2,1-2H3. The van der Waals surface area contributed by atoms with Crippen LogP contribution in [0, 0.1) is 18.6 Å². The van der Waals surface area contributed by atoms with E-state index in [1.807, 2.05) is 6.92 Å². The van der Waals surface area contributed by atoms with E-state index in [9.17, 15) is 8.78 Å². The molecule has 0 heterocycles. The van der Waals surface area contributed by atoms with Gasteiger partial charge in [0, 0.05) is 16.6 Å². The molecule has 4 heteroatoms. The van der Waals surface area contributed by atoms with Crippen LogP contribution in [-0.2, 0) is 6.42 Å². The van der Waals surface area contributed by atoms with Crippen molar-refractivity contribution < 1.29 is 8.78 Å². The van der Waals surface area contributed by atoms with Crippen molar-refractivity contribution >= 4 is 11.6 Å². The van der Waals surface area contributed by atoms with Crippen LogP contribution in [0.3, 0.4) is 0 Å². The lowest BCUT2D eigenvalue weighted by atomic mass is 9.97. The number of hydrogen-bond acceptors (Lipinski definition) is 1. The van der Waals surface area contributed by atoms with Crippen molar-refractivity contribution in [2.75, 3.05) is 7.05 Å². The fourth-order valence-electron chi connectivity index (χ4n) is 2.22. The van der Waals surface area contributed by atoms with Gasteiger partial charge in [-0.05, 0) is 50.2 Å². The van der Waals surface area contributed by atoms with Crippen LogP contribution in [0.2, 0.25) is 5.02 Å². The number of aryl methyl sites for hydroxylation is 1. The van der Waals surface area contributed by atoms with Gasteiger partial charge in [-0.2, -0.15) is 0 Å². The van der Waals surface area contributed by atoms with E-state index >= 15 is 0 Å². The van der Waals surface area contributed by atoms with Crippen molar-refractivity contribution in [1.29, 1.82) is 0 Å². The molecule has 0 spiro atoms. The summed E-state index contributed by atoms with van der Waals surface area (Å²) < 4.78 is 27.7. The van der Waals surface area contributed by atoms with Crippen LogP contribution in [-0.4, -0.2) is 7.05 Å². The summed E-state index contributed by atoms with van der Waals surface area (Å²) in [5, 5.41) is 3.50. The molecule has 0 saturated carbocycles. The third-order valence-corrected chi connectivity index (χ3v) is 3.54. The molecule has 0 aromatic heterocycles. The second-order valence-corrected chi connectivity index (χ2v) is 5.24. The highest BCUT2D eigenvalue weighted by atomic mass is 35.5. The molecule has 0 fully saturated rings. The third kappa shape index (κ3) is 3.35. The quantitative estimate of drug-likeness (QED) is 0.880. The average Bonchev–Trinajstić information content (AvgIpc) is 2.42. The molecule has 0 radical (unpaired) electrons. The van der Waals surface area contributed by atoms with E-state index < -0.39 is 0 Å². The number of likely N-dealkylation sites (N-methyl/N-ethyl adjacent to an activating group) is 1. The molecule has 1 nitrogen and oxygen atoms in total. The first-order valence-corrected chi connectivity index (χ1v) is 6.76. The molecule has 106 valence electrons. The van der Waals surface area contributed by atoms with Gasteiger partial charge in [0.15, 0.2) is 0 Å². The topological polar surface area (TPSA) is 12.0 Å². The van der Waals surface area contributed by atoms with E-state index in [0.29, 0.717) is 22.6 Å². The van der Waals surface area contributed by atoms with E-state index in [0.717, 1.165) is 5.56 Å². The maximum atomic E-state index is 13.9. The number of rotatable bonds is 4. The lowest BCUT2D eigenvalue weighted by molar-refractivity contribution is 0.519. The molecule has 20 heavy (non-hydrogen) atoms. The van der Waals surface area contributed by atoms with Crippen molar-refractivity contribution in [2.45, 2.75) is 19.4 Å². The van der Waals surface area contributed by atoms with E-state index in [4.69, 9.17) is 11.6 Å². The highest BCUT2D eigenvalue weighted by molar-refractivity contribution is 6.30. The first kappa shape index (κ1) is 14.9. The average molecular weight is 296 g/mol. The Morgan fingerprint density at radius 2 is 1.80 bits per heavy atom. The summed E-state index contributed by atoms with van der Waals surface area (Å²) in [7, 11) is 1.73. The molecule has 2 aromatic carbocycles. The summed E-state index contributed by atoms with van der Waals surface area (Å²) in [6.45, 7) is 1.90. The number of hydrogen-bond donors (Lipinski definition) is 1. The minimum Gasteiger partial charge on any atom is -0.313 e.